The first-order chi connectivity index (χ1) is 10.9. The summed E-state index contributed by atoms with van der Waals surface area (Å²) in [4.78, 5) is 26.3. The monoisotopic (exact) mass is 339 g/mol. The van der Waals surface area contributed by atoms with E-state index in [1.807, 2.05) is 0 Å². The van der Waals surface area contributed by atoms with Crippen LogP contribution in [0.3, 0.4) is 0 Å². The zero-order valence-electron chi connectivity index (χ0n) is 12.9. The van der Waals surface area contributed by atoms with Gasteiger partial charge in [0.05, 0.1) is 10.6 Å². The Morgan fingerprint density at radius 1 is 1.30 bits per heavy atom. The molecule has 23 heavy (non-hydrogen) atoms. The Balaban J connectivity index is 1.77. The lowest BCUT2D eigenvalue weighted by molar-refractivity contribution is -0.131. The number of piperidine rings is 1. The molecule has 0 aliphatic carbocycles. The highest BCUT2D eigenvalue weighted by atomic mass is 35.5. The minimum Gasteiger partial charge on any atom is -0.353 e. The quantitative estimate of drug-likeness (QED) is 0.814. The van der Waals surface area contributed by atoms with Crippen molar-refractivity contribution in [3.8, 4) is 0 Å². The van der Waals surface area contributed by atoms with Crippen molar-refractivity contribution >= 4 is 23.4 Å². The first kappa shape index (κ1) is 16.2. The van der Waals surface area contributed by atoms with Crippen LogP contribution >= 0.6 is 11.6 Å². The molecule has 2 amide bonds. The number of rotatable bonds is 1. The fourth-order valence-corrected chi connectivity index (χ4v) is 3.47. The van der Waals surface area contributed by atoms with Crippen LogP contribution in [0.15, 0.2) is 12.1 Å². The molecule has 0 radical (unpaired) electrons. The molecule has 2 aliphatic heterocycles. The molecule has 5 nitrogen and oxygen atoms in total. The maximum absolute atomic E-state index is 14.0. The van der Waals surface area contributed by atoms with E-state index in [-0.39, 0.29) is 16.5 Å². The highest BCUT2D eigenvalue weighted by Crippen LogP contribution is 2.29. The number of amides is 2. The molecule has 3 rings (SSSR count). The van der Waals surface area contributed by atoms with Crippen molar-refractivity contribution in [3.05, 3.63) is 34.1 Å². The highest BCUT2D eigenvalue weighted by Gasteiger charge is 2.43. The van der Waals surface area contributed by atoms with Crippen LogP contribution in [0.4, 0.5) is 4.39 Å². The number of benzene rings is 1. The lowest BCUT2D eigenvalue weighted by Gasteiger charge is -2.43. The van der Waals surface area contributed by atoms with Crippen LogP contribution in [0.1, 0.15) is 28.8 Å². The minimum atomic E-state index is -0.612. The summed E-state index contributed by atoms with van der Waals surface area (Å²) in [7, 11) is 0. The molecule has 0 unspecified atom stereocenters. The summed E-state index contributed by atoms with van der Waals surface area (Å²) in [5.74, 6) is -1.04. The number of nitrogens with zero attached hydrogens (tertiary/aromatic N) is 1. The molecule has 7 heteroatoms. The lowest BCUT2D eigenvalue weighted by atomic mass is 9.85. The van der Waals surface area contributed by atoms with E-state index in [0.29, 0.717) is 38.0 Å². The molecular weight excluding hydrogens is 321 g/mol. The molecule has 0 saturated carbocycles. The summed E-state index contributed by atoms with van der Waals surface area (Å²) in [5.41, 5.74) is -0.0221. The van der Waals surface area contributed by atoms with Crippen LogP contribution in [-0.4, -0.2) is 48.4 Å². The second kappa shape index (κ2) is 6.09. The van der Waals surface area contributed by atoms with Gasteiger partial charge in [-0.1, -0.05) is 17.7 Å². The highest BCUT2D eigenvalue weighted by molar-refractivity contribution is 6.34. The van der Waals surface area contributed by atoms with Gasteiger partial charge in [-0.3, -0.25) is 9.59 Å². The van der Waals surface area contributed by atoms with Gasteiger partial charge in [0.25, 0.3) is 5.91 Å². The van der Waals surface area contributed by atoms with Crippen molar-refractivity contribution in [1.29, 1.82) is 0 Å². The smallest absolute Gasteiger partial charge is 0.258 e. The molecule has 2 saturated heterocycles. The van der Waals surface area contributed by atoms with Crippen LogP contribution < -0.4 is 10.6 Å². The van der Waals surface area contributed by atoms with Gasteiger partial charge < -0.3 is 15.5 Å². The normalized spacial score (nSPS) is 20.5. The van der Waals surface area contributed by atoms with Gasteiger partial charge in [-0.05, 0) is 31.4 Å². The van der Waals surface area contributed by atoms with Gasteiger partial charge in [0.2, 0.25) is 5.91 Å². The van der Waals surface area contributed by atoms with Gasteiger partial charge in [0.15, 0.2) is 0 Å². The molecule has 0 atom stereocenters. The Hall–Kier alpha value is -1.66. The second-order valence-electron chi connectivity index (χ2n) is 6.11. The van der Waals surface area contributed by atoms with Crippen molar-refractivity contribution in [2.24, 2.45) is 0 Å². The SMILES string of the molecule is Cc1ccc(F)c(C(=O)N2CCC3(CC2)NCCNC3=O)c1Cl. The van der Waals surface area contributed by atoms with Gasteiger partial charge in [-0.15, -0.1) is 0 Å². The third-order valence-corrected chi connectivity index (χ3v) is 5.20. The Morgan fingerprint density at radius 2 is 2.00 bits per heavy atom. The number of halogens is 2. The van der Waals surface area contributed by atoms with Crippen molar-refractivity contribution in [3.63, 3.8) is 0 Å². The van der Waals surface area contributed by atoms with Crippen LogP contribution in [-0.2, 0) is 4.79 Å². The van der Waals surface area contributed by atoms with Gasteiger partial charge in [0.1, 0.15) is 11.4 Å². The number of nitrogens with one attached hydrogen (secondary N) is 2. The maximum atomic E-state index is 14.0. The number of hydrogen-bond donors (Lipinski definition) is 2. The summed E-state index contributed by atoms with van der Waals surface area (Å²) in [6, 6.07) is 2.81. The van der Waals surface area contributed by atoms with E-state index in [1.54, 1.807) is 17.9 Å². The number of hydrogen-bond acceptors (Lipinski definition) is 3. The Labute approximate surface area is 139 Å². The third-order valence-electron chi connectivity index (χ3n) is 4.71. The Kier molecular flexibility index (Phi) is 4.29. The van der Waals surface area contributed by atoms with E-state index in [0.717, 1.165) is 6.54 Å². The summed E-state index contributed by atoms with van der Waals surface area (Å²) in [6.45, 7) is 3.86. The molecule has 124 valence electrons. The Morgan fingerprint density at radius 3 is 2.65 bits per heavy atom. The first-order valence-electron chi connectivity index (χ1n) is 7.72. The Bertz CT molecular complexity index is 657. The predicted molar refractivity (Wildman–Crippen MR) is 85.0 cm³/mol. The first-order valence-corrected chi connectivity index (χ1v) is 8.10. The third kappa shape index (κ3) is 2.81. The average Bonchev–Trinajstić information content (AvgIpc) is 2.55. The zero-order chi connectivity index (χ0) is 16.6. The molecule has 1 aromatic rings. The van der Waals surface area contributed by atoms with Crippen LogP contribution in [0.5, 0.6) is 0 Å². The summed E-state index contributed by atoms with van der Waals surface area (Å²) < 4.78 is 14.0. The van der Waals surface area contributed by atoms with Crippen LogP contribution in [0, 0.1) is 12.7 Å². The second-order valence-corrected chi connectivity index (χ2v) is 6.49. The van der Waals surface area contributed by atoms with E-state index in [1.165, 1.54) is 6.07 Å². The largest absolute Gasteiger partial charge is 0.353 e. The van der Waals surface area contributed by atoms with Crippen molar-refractivity contribution < 1.29 is 14.0 Å². The van der Waals surface area contributed by atoms with E-state index >= 15 is 0 Å². The zero-order valence-corrected chi connectivity index (χ0v) is 13.7. The standard InChI is InChI=1S/C16H19ClFN3O2/c1-10-2-3-11(18)12(13(10)17)14(22)21-8-4-16(5-9-21)15(23)19-6-7-20-16/h2-3,20H,4-9H2,1H3,(H,19,23). The van der Waals surface area contributed by atoms with E-state index in [9.17, 15) is 14.0 Å². The van der Waals surface area contributed by atoms with E-state index in [4.69, 9.17) is 11.6 Å². The van der Waals surface area contributed by atoms with Crippen molar-refractivity contribution in [2.75, 3.05) is 26.2 Å². The van der Waals surface area contributed by atoms with E-state index in [2.05, 4.69) is 10.6 Å². The number of carbonyl (C=O) groups is 2. The maximum Gasteiger partial charge on any atom is 0.258 e. The van der Waals surface area contributed by atoms with Crippen molar-refractivity contribution in [2.45, 2.75) is 25.3 Å². The lowest BCUT2D eigenvalue weighted by Crippen LogP contribution is -2.66. The minimum absolute atomic E-state index is 0.0179. The number of carbonyl (C=O) groups excluding carboxylic acids is 2. The summed E-state index contributed by atoms with van der Waals surface area (Å²) in [5, 5.41) is 6.28. The average molecular weight is 340 g/mol. The van der Waals surface area contributed by atoms with Gasteiger partial charge >= 0.3 is 0 Å². The molecule has 2 N–H and O–H groups in total. The topological polar surface area (TPSA) is 61.4 Å². The van der Waals surface area contributed by atoms with Crippen LogP contribution in [0.2, 0.25) is 5.02 Å². The summed E-state index contributed by atoms with van der Waals surface area (Å²) in [6.07, 6.45) is 1.02. The molecule has 2 aliphatic rings. The number of piperazine rings is 1. The van der Waals surface area contributed by atoms with Crippen LogP contribution in [0.25, 0.3) is 0 Å². The molecule has 2 heterocycles. The molecule has 1 spiro atoms. The molecule has 1 aromatic carbocycles. The van der Waals surface area contributed by atoms with Gasteiger partial charge in [0, 0.05) is 26.2 Å². The van der Waals surface area contributed by atoms with Gasteiger partial charge in [-0.25, -0.2) is 4.39 Å². The number of aryl methyl sites for hydroxylation is 1. The van der Waals surface area contributed by atoms with Crippen molar-refractivity contribution in [1.82, 2.24) is 15.5 Å². The summed E-state index contributed by atoms with van der Waals surface area (Å²) >= 11 is 6.11. The molecule has 0 bridgehead atoms. The van der Waals surface area contributed by atoms with Gasteiger partial charge in [-0.2, -0.15) is 0 Å². The molecule has 0 aromatic heterocycles. The molecular formula is C16H19ClFN3O2. The fourth-order valence-electron chi connectivity index (χ4n) is 3.23. The van der Waals surface area contributed by atoms with E-state index < -0.39 is 17.3 Å². The predicted octanol–water partition coefficient (Wildman–Crippen LogP) is 1.48. The number of likely N-dealkylation sites (tertiary alicyclic amines) is 1. The fraction of sp³-hybridized carbons (Fsp3) is 0.500. The molecule has 2 fully saturated rings.